The Kier molecular flexibility index (Phi) is 6.74. The van der Waals surface area contributed by atoms with Crippen molar-refractivity contribution in [2.75, 3.05) is 0 Å². The van der Waals surface area contributed by atoms with Gasteiger partial charge in [0.25, 0.3) is 0 Å². The smallest absolute Gasteiger partial charge is 0.252 e. The molecule has 14 heteroatoms. The third-order valence-corrected chi connectivity index (χ3v) is 4.16. The first-order valence-corrected chi connectivity index (χ1v) is 7.49. The molecule has 3 rings (SSSR count). The van der Waals surface area contributed by atoms with Gasteiger partial charge >= 0.3 is 18.9 Å². The summed E-state index contributed by atoms with van der Waals surface area (Å²) < 4.78 is 166. The van der Waals surface area contributed by atoms with Gasteiger partial charge < -0.3 is 0 Å². The number of hydrogen-bond donors (Lipinski definition) is 0. The molecule has 0 fully saturated rings. The first-order chi connectivity index (χ1) is 14.4. The second-order valence-corrected chi connectivity index (χ2v) is 5.75. The maximum Gasteiger partial charge on any atom is 1.00 e. The molecule has 3 aromatic carbocycles. The number of rotatable bonds is 2. The molecule has 1 nitrogen and oxygen atoms in total. The molecule has 3 aromatic rings. The van der Waals surface area contributed by atoms with E-state index in [0.717, 1.165) is 0 Å². The van der Waals surface area contributed by atoms with Crippen molar-refractivity contribution in [2.45, 2.75) is 0 Å². The number of hydrogen-bond acceptors (Lipinski definition) is 1. The van der Waals surface area contributed by atoms with E-state index in [0.29, 0.717) is 6.07 Å². The molecular formula is C18F12LiN. The minimum Gasteiger partial charge on any atom is -0.252 e. The van der Waals surface area contributed by atoms with E-state index >= 15 is 0 Å². The Morgan fingerprint density at radius 2 is 0.656 bits per heavy atom. The summed E-state index contributed by atoms with van der Waals surface area (Å²) >= 11 is 0. The average molecular weight is 465 g/mol. The zero-order valence-corrected chi connectivity index (χ0v) is 15.0. The second kappa shape index (κ2) is 8.52. The quantitative estimate of drug-likeness (QED) is 0.188. The summed E-state index contributed by atoms with van der Waals surface area (Å²) in [7, 11) is 0. The van der Waals surface area contributed by atoms with Crippen molar-refractivity contribution in [1.82, 2.24) is 0 Å². The summed E-state index contributed by atoms with van der Waals surface area (Å²) in [5, 5.41) is 4.82. The van der Waals surface area contributed by atoms with Crippen molar-refractivity contribution >= 4 is 10.8 Å². The summed E-state index contributed by atoms with van der Waals surface area (Å²) in [6.07, 6.45) is 0. The van der Waals surface area contributed by atoms with Crippen LogP contribution in [0.4, 0.5) is 52.7 Å². The maximum absolute atomic E-state index is 14.7. The zero-order valence-electron chi connectivity index (χ0n) is 15.0. The molecule has 0 saturated heterocycles. The van der Waals surface area contributed by atoms with Gasteiger partial charge in [-0.15, -0.1) is 0 Å². The van der Waals surface area contributed by atoms with Crippen LogP contribution in [0.15, 0.2) is 0 Å². The zero-order chi connectivity index (χ0) is 23.5. The van der Waals surface area contributed by atoms with Crippen LogP contribution in [0.1, 0.15) is 11.1 Å². The van der Waals surface area contributed by atoms with Gasteiger partial charge in [-0.3, -0.25) is 4.39 Å². The summed E-state index contributed by atoms with van der Waals surface area (Å²) in [5.41, 5.74) is -4.46. The normalized spacial score (nSPS) is 10.8. The van der Waals surface area contributed by atoms with Gasteiger partial charge in [0.15, 0.2) is 40.7 Å². The van der Waals surface area contributed by atoms with Gasteiger partial charge in [-0.25, -0.2) is 53.6 Å². The molecule has 0 aliphatic heterocycles. The number of halogens is 12. The summed E-state index contributed by atoms with van der Waals surface area (Å²) in [5.74, 6) is -34.1. The molecule has 0 aliphatic rings. The molecule has 0 atom stereocenters. The summed E-state index contributed by atoms with van der Waals surface area (Å²) in [6, 6.07) is 0.674. The number of nitriles is 1. The van der Waals surface area contributed by atoms with Crippen molar-refractivity contribution in [3.8, 4) is 6.07 Å². The molecule has 0 aliphatic carbocycles. The number of benzene rings is 3. The van der Waals surface area contributed by atoms with Gasteiger partial charge in [-0.2, -0.15) is 0 Å². The number of fused-ring (bicyclic) bond motifs is 1. The van der Waals surface area contributed by atoms with E-state index in [2.05, 4.69) is 0 Å². The van der Waals surface area contributed by atoms with Crippen LogP contribution in [0.3, 0.4) is 0 Å². The van der Waals surface area contributed by atoms with Gasteiger partial charge in [0.1, 0.15) is 23.3 Å². The van der Waals surface area contributed by atoms with Crippen LogP contribution in [-0.2, 0) is 0 Å². The van der Waals surface area contributed by atoms with Gasteiger partial charge in [0.2, 0.25) is 0 Å². The van der Waals surface area contributed by atoms with Gasteiger partial charge in [-0.1, -0.05) is 0 Å². The second-order valence-electron chi connectivity index (χ2n) is 5.75. The average Bonchev–Trinajstić information content (AvgIpc) is 2.74. The van der Waals surface area contributed by atoms with Crippen molar-refractivity contribution in [3.63, 3.8) is 0 Å². The molecular weight excluding hydrogens is 465 g/mol. The first-order valence-electron chi connectivity index (χ1n) is 7.49. The molecule has 0 unspecified atom stereocenters. The fourth-order valence-corrected chi connectivity index (χ4v) is 2.77. The van der Waals surface area contributed by atoms with E-state index < -0.39 is 97.6 Å². The Hall–Kier alpha value is -2.96. The molecule has 32 heavy (non-hydrogen) atoms. The van der Waals surface area contributed by atoms with E-state index in [-0.39, 0.29) is 18.9 Å². The third kappa shape index (κ3) is 3.26. The van der Waals surface area contributed by atoms with Gasteiger partial charge in [0, 0.05) is 5.39 Å². The molecule has 0 saturated carbocycles. The van der Waals surface area contributed by atoms with Gasteiger partial charge in [0.05, 0.1) is 17.3 Å². The fourth-order valence-electron chi connectivity index (χ4n) is 2.77. The predicted molar refractivity (Wildman–Crippen MR) is 76.9 cm³/mol. The van der Waals surface area contributed by atoms with Crippen LogP contribution in [0.25, 0.3) is 10.8 Å². The molecule has 0 amide bonds. The fraction of sp³-hybridized carbons (Fsp3) is 0. The summed E-state index contributed by atoms with van der Waals surface area (Å²) in [6.45, 7) is 0. The van der Waals surface area contributed by atoms with Crippen LogP contribution in [-0.4, -0.2) is 0 Å². The van der Waals surface area contributed by atoms with E-state index in [1.54, 1.807) is 0 Å². The molecule has 0 aromatic heterocycles. The van der Waals surface area contributed by atoms with Crippen molar-refractivity contribution in [3.05, 3.63) is 86.9 Å². The Balaban J connectivity index is 0.00000363. The maximum atomic E-state index is 14.7. The topological polar surface area (TPSA) is 23.8 Å². The Labute approximate surface area is 181 Å². The SMILES string of the molecule is N#C[C-](c1c(F)c(F)c(F)c(F)c1F)c1c(F)c(F)c2c(F)c(F)c(F)c(F)c2c1F.[Li+]. The van der Waals surface area contributed by atoms with Crippen LogP contribution < -0.4 is 18.9 Å². The van der Waals surface area contributed by atoms with Crippen LogP contribution in [0, 0.1) is 87.1 Å². The van der Waals surface area contributed by atoms with E-state index in [1.165, 1.54) is 0 Å². The molecule has 0 heterocycles. The predicted octanol–water partition coefficient (Wildman–Crippen LogP) is 3.01. The first kappa shape index (κ1) is 25.3. The molecule has 0 spiro atoms. The van der Waals surface area contributed by atoms with E-state index in [4.69, 9.17) is 5.26 Å². The monoisotopic (exact) mass is 465 g/mol. The molecule has 0 bridgehead atoms. The van der Waals surface area contributed by atoms with Crippen molar-refractivity contribution < 1.29 is 71.5 Å². The van der Waals surface area contributed by atoms with E-state index in [9.17, 15) is 52.7 Å². The number of nitrogens with zero attached hydrogens (tertiary/aromatic N) is 1. The Morgan fingerprint density at radius 3 is 1.06 bits per heavy atom. The molecule has 0 N–H and O–H groups in total. The van der Waals surface area contributed by atoms with Gasteiger partial charge in [-0.05, 0) is 17.0 Å². The van der Waals surface area contributed by atoms with Crippen LogP contribution in [0.5, 0.6) is 0 Å². The Morgan fingerprint density at radius 1 is 0.406 bits per heavy atom. The van der Waals surface area contributed by atoms with E-state index in [1.807, 2.05) is 0 Å². The molecule has 162 valence electrons. The molecule has 0 radical (unpaired) electrons. The standard InChI is InChI=1S/C18F12N.Li/c19-7-3(2(1-31)4-9(21)14(26)18(30)15(27)10(4)22)8(20)11(23)6-5(7)12(24)16(28)17(29)13(6)25;/q-1;+1. The largest absolute Gasteiger partial charge is 1.00 e. The van der Waals surface area contributed by atoms with Crippen molar-refractivity contribution in [1.29, 1.82) is 5.26 Å². The third-order valence-electron chi connectivity index (χ3n) is 4.16. The Bertz CT molecular complexity index is 1300. The minimum absolute atomic E-state index is 0. The summed E-state index contributed by atoms with van der Waals surface area (Å²) in [4.78, 5) is 0. The van der Waals surface area contributed by atoms with Crippen LogP contribution >= 0.6 is 0 Å². The van der Waals surface area contributed by atoms with Crippen molar-refractivity contribution in [2.24, 2.45) is 0 Å². The minimum atomic E-state index is -2.74. The van der Waals surface area contributed by atoms with Crippen LogP contribution in [0.2, 0.25) is 0 Å².